The quantitative estimate of drug-likeness (QED) is 0.833. The van der Waals surface area contributed by atoms with Gasteiger partial charge in [0.2, 0.25) is 5.91 Å². The van der Waals surface area contributed by atoms with Gasteiger partial charge in [-0.25, -0.2) is 0 Å². The molecule has 2 fully saturated rings. The van der Waals surface area contributed by atoms with E-state index in [1.165, 1.54) is 19.3 Å². The lowest BCUT2D eigenvalue weighted by atomic mass is 9.63. The van der Waals surface area contributed by atoms with Crippen LogP contribution in [-0.4, -0.2) is 25.0 Å². The molecule has 0 aromatic rings. The molecule has 0 aromatic heterocycles. The molecule has 2 aliphatic rings. The van der Waals surface area contributed by atoms with Gasteiger partial charge in [0.25, 0.3) is 0 Å². The van der Waals surface area contributed by atoms with Crippen LogP contribution in [0, 0.1) is 16.7 Å². The summed E-state index contributed by atoms with van der Waals surface area (Å²) in [4.78, 5) is 12.2. The molecule has 1 saturated carbocycles. The van der Waals surface area contributed by atoms with Crippen LogP contribution in [-0.2, 0) is 4.79 Å². The molecule has 1 aliphatic carbocycles. The molecule has 21 heavy (non-hydrogen) atoms. The van der Waals surface area contributed by atoms with Crippen molar-refractivity contribution in [3.05, 3.63) is 0 Å². The Bertz CT molecular complexity index is 340. The van der Waals surface area contributed by atoms with Gasteiger partial charge in [-0.05, 0) is 68.4 Å². The first kappa shape index (κ1) is 16.8. The van der Waals surface area contributed by atoms with Gasteiger partial charge in [-0.3, -0.25) is 4.79 Å². The number of rotatable bonds is 4. The third-order valence-electron chi connectivity index (χ3n) is 5.10. The Morgan fingerprint density at radius 2 is 1.86 bits per heavy atom. The molecule has 0 aromatic carbocycles. The second-order valence-corrected chi connectivity index (χ2v) is 8.93. The van der Waals surface area contributed by atoms with Gasteiger partial charge in [0, 0.05) is 12.5 Å². The standard InChI is InChI=1S/C18H34N2O/c1-17(2)10-15(11-18(3,4)13-17)20-16(21)8-7-14-6-5-9-19-12-14/h14-15,19H,5-13H2,1-4H3,(H,20,21). The van der Waals surface area contributed by atoms with E-state index in [1.54, 1.807) is 0 Å². The largest absolute Gasteiger partial charge is 0.353 e. The second-order valence-electron chi connectivity index (χ2n) is 8.93. The Hall–Kier alpha value is -0.570. The first-order chi connectivity index (χ1) is 9.76. The number of carbonyl (C=O) groups is 1. The van der Waals surface area contributed by atoms with E-state index >= 15 is 0 Å². The third kappa shape index (κ3) is 5.61. The van der Waals surface area contributed by atoms with Gasteiger partial charge in [0.05, 0.1) is 0 Å². The first-order valence-electron chi connectivity index (χ1n) is 8.76. The molecule has 1 saturated heterocycles. The Labute approximate surface area is 130 Å². The minimum absolute atomic E-state index is 0.263. The highest BCUT2D eigenvalue weighted by molar-refractivity contribution is 5.76. The van der Waals surface area contributed by atoms with Gasteiger partial charge < -0.3 is 10.6 Å². The smallest absolute Gasteiger partial charge is 0.220 e. The summed E-state index contributed by atoms with van der Waals surface area (Å²) in [6.45, 7) is 11.6. The van der Waals surface area contributed by atoms with Crippen LogP contribution in [0.25, 0.3) is 0 Å². The summed E-state index contributed by atoms with van der Waals surface area (Å²) in [5.74, 6) is 0.961. The van der Waals surface area contributed by atoms with Crippen molar-refractivity contribution in [3.8, 4) is 0 Å². The van der Waals surface area contributed by atoms with Crippen LogP contribution in [0.3, 0.4) is 0 Å². The zero-order chi connectivity index (χ0) is 15.5. The van der Waals surface area contributed by atoms with E-state index in [9.17, 15) is 4.79 Å². The zero-order valence-corrected chi connectivity index (χ0v) is 14.4. The third-order valence-corrected chi connectivity index (χ3v) is 5.10. The lowest BCUT2D eigenvalue weighted by Crippen LogP contribution is -2.46. The maximum Gasteiger partial charge on any atom is 0.220 e. The fourth-order valence-corrected chi connectivity index (χ4v) is 4.75. The summed E-state index contributed by atoms with van der Waals surface area (Å²) in [6.07, 6.45) is 7.77. The van der Waals surface area contributed by atoms with Crippen molar-refractivity contribution in [2.24, 2.45) is 16.7 Å². The van der Waals surface area contributed by atoms with Gasteiger partial charge in [-0.15, -0.1) is 0 Å². The van der Waals surface area contributed by atoms with Crippen LogP contribution in [0.15, 0.2) is 0 Å². The van der Waals surface area contributed by atoms with Crippen LogP contribution in [0.2, 0.25) is 0 Å². The molecule has 0 radical (unpaired) electrons. The molecule has 0 bridgehead atoms. The van der Waals surface area contributed by atoms with E-state index in [4.69, 9.17) is 0 Å². The molecular weight excluding hydrogens is 260 g/mol. The number of hydrogen-bond donors (Lipinski definition) is 2. The number of hydrogen-bond acceptors (Lipinski definition) is 2. The van der Waals surface area contributed by atoms with Crippen molar-refractivity contribution >= 4 is 5.91 Å². The van der Waals surface area contributed by atoms with Crippen molar-refractivity contribution in [1.82, 2.24) is 10.6 Å². The zero-order valence-electron chi connectivity index (χ0n) is 14.4. The summed E-state index contributed by atoms with van der Waals surface area (Å²) in [6, 6.07) is 0.362. The number of amides is 1. The summed E-state index contributed by atoms with van der Waals surface area (Å²) < 4.78 is 0. The molecule has 0 spiro atoms. The SMILES string of the molecule is CC1(C)CC(NC(=O)CCC2CCCNC2)CC(C)(C)C1. The monoisotopic (exact) mass is 294 g/mol. The highest BCUT2D eigenvalue weighted by atomic mass is 16.1. The average Bonchev–Trinajstić information content (AvgIpc) is 2.33. The highest BCUT2D eigenvalue weighted by Crippen LogP contribution is 2.45. The van der Waals surface area contributed by atoms with Crippen LogP contribution in [0.5, 0.6) is 0 Å². The van der Waals surface area contributed by atoms with E-state index in [0.29, 0.717) is 29.2 Å². The molecule has 122 valence electrons. The minimum atomic E-state index is 0.263. The van der Waals surface area contributed by atoms with Gasteiger partial charge >= 0.3 is 0 Å². The molecule has 1 atom stereocenters. The van der Waals surface area contributed by atoms with Gasteiger partial charge in [-0.2, -0.15) is 0 Å². The van der Waals surface area contributed by atoms with Crippen molar-refractivity contribution in [1.29, 1.82) is 0 Å². The number of nitrogens with one attached hydrogen (secondary N) is 2. The lowest BCUT2D eigenvalue weighted by Gasteiger charge is -2.45. The molecule has 3 nitrogen and oxygen atoms in total. The van der Waals surface area contributed by atoms with E-state index in [2.05, 4.69) is 38.3 Å². The van der Waals surface area contributed by atoms with Crippen LogP contribution >= 0.6 is 0 Å². The van der Waals surface area contributed by atoms with E-state index in [0.717, 1.165) is 32.4 Å². The Morgan fingerprint density at radius 3 is 2.43 bits per heavy atom. The van der Waals surface area contributed by atoms with Gasteiger partial charge in [0.15, 0.2) is 0 Å². The van der Waals surface area contributed by atoms with E-state index < -0.39 is 0 Å². The molecule has 2 N–H and O–H groups in total. The highest BCUT2D eigenvalue weighted by Gasteiger charge is 2.38. The van der Waals surface area contributed by atoms with Crippen molar-refractivity contribution < 1.29 is 4.79 Å². The van der Waals surface area contributed by atoms with E-state index in [1.807, 2.05) is 0 Å². The van der Waals surface area contributed by atoms with Gasteiger partial charge in [0.1, 0.15) is 0 Å². The molecular formula is C18H34N2O. The summed E-state index contributed by atoms with van der Waals surface area (Å²) >= 11 is 0. The molecule has 1 amide bonds. The van der Waals surface area contributed by atoms with Crippen LogP contribution in [0.4, 0.5) is 0 Å². The fraction of sp³-hybridized carbons (Fsp3) is 0.944. The predicted molar refractivity (Wildman–Crippen MR) is 88.2 cm³/mol. The summed E-state index contributed by atoms with van der Waals surface area (Å²) in [5, 5.41) is 6.74. The number of carbonyl (C=O) groups excluding carboxylic acids is 1. The van der Waals surface area contributed by atoms with E-state index in [-0.39, 0.29) is 5.91 Å². The fourth-order valence-electron chi connectivity index (χ4n) is 4.75. The molecule has 2 rings (SSSR count). The molecule has 1 aliphatic heterocycles. The maximum atomic E-state index is 12.2. The van der Waals surface area contributed by atoms with Crippen LogP contribution < -0.4 is 10.6 Å². The molecule has 3 heteroatoms. The second kappa shape index (κ2) is 6.68. The Morgan fingerprint density at radius 1 is 1.19 bits per heavy atom. The average molecular weight is 294 g/mol. The molecule has 1 heterocycles. The number of piperidine rings is 1. The van der Waals surface area contributed by atoms with Crippen LogP contribution in [0.1, 0.15) is 72.6 Å². The Kier molecular flexibility index (Phi) is 5.34. The summed E-state index contributed by atoms with van der Waals surface area (Å²) in [5.41, 5.74) is 0.681. The maximum absolute atomic E-state index is 12.2. The lowest BCUT2D eigenvalue weighted by molar-refractivity contribution is -0.123. The van der Waals surface area contributed by atoms with Gasteiger partial charge in [-0.1, -0.05) is 27.7 Å². The van der Waals surface area contributed by atoms with Crippen molar-refractivity contribution in [2.75, 3.05) is 13.1 Å². The molecule has 1 unspecified atom stereocenters. The normalized spacial score (nSPS) is 29.0. The summed E-state index contributed by atoms with van der Waals surface area (Å²) in [7, 11) is 0. The minimum Gasteiger partial charge on any atom is -0.353 e. The van der Waals surface area contributed by atoms with Crippen molar-refractivity contribution in [2.45, 2.75) is 78.7 Å². The predicted octanol–water partition coefficient (Wildman–Crippen LogP) is 3.49. The Balaban J connectivity index is 1.76. The van der Waals surface area contributed by atoms with Crippen molar-refractivity contribution in [3.63, 3.8) is 0 Å². The first-order valence-corrected chi connectivity index (χ1v) is 8.76. The topological polar surface area (TPSA) is 41.1 Å².